The van der Waals surface area contributed by atoms with E-state index in [-0.39, 0.29) is 21.9 Å². The van der Waals surface area contributed by atoms with Crippen molar-refractivity contribution in [3.63, 3.8) is 0 Å². The predicted molar refractivity (Wildman–Crippen MR) is 127 cm³/mol. The summed E-state index contributed by atoms with van der Waals surface area (Å²) in [5, 5.41) is 10.3. The summed E-state index contributed by atoms with van der Waals surface area (Å²) in [6.45, 7) is 4.10. The minimum absolute atomic E-state index is 0.00147. The molecule has 34 heavy (non-hydrogen) atoms. The predicted octanol–water partition coefficient (Wildman–Crippen LogP) is 3.47. The average Bonchev–Trinajstić information content (AvgIpc) is 3.34. The van der Waals surface area contributed by atoms with Crippen LogP contribution in [0.25, 0.3) is 11.0 Å². The molecule has 2 fully saturated rings. The van der Waals surface area contributed by atoms with Gasteiger partial charge in [-0.25, -0.2) is 4.39 Å². The van der Waals surface area contributed by atoms with E-state index in [1.807, 2.05) is 4.90 Å². The Bertz CT molecular complexity index is 1210. The van der Waals surface area contributed by atoms with Crippen molar-refractivity contribution in [2.75, 3.05) is 39.3 Å². The van der Waals surface area contributed by atoms with Crippen molar-refractivity contribution in [2.24, 2.45) is 0 Å². The normalized spacial score (nSPS) is 18.0. The Balaban J connectivity index is 1.14. The van der Waals surface area contributed by atoms with Gasteiger partial charge in [0, 0.05) is 56.4 Å². The SMILES string of the molecule is O=C(c1cc(Cl)c(F)c(Cl)c1)N1CCC(N2CCN(C(=O)c3ccc4n[nH]nc4c3)CC2)CC1. The second kappa shape index (κ2) is 9.48. The molecule has 178 valence electrons. The Hall–Kier alpha value is -2.75. The molecule has 2 aliphatic rings. The number of halogens is 3. The monoisotopic (exact) mass is 504 g/mol. The molecule has 8 nitrogen and oxygen atoms in total. The number of H-pyrrole nitrogens is 1. The average molecular weight is 505 g/mol. The van der Waals surface area contributed by atoms with E-state index in [1.165, 1.54) is 12.1 Å². The molecule has 2 aliphatic heterocycles. The first-order chi connectivity index (χ1) is 16.4. The summed E-state index contributed by atoms with van der Waals surface area (Å²) >= 11 is 11.7. The highest BCUT2D eigenvalue weighted by Crippen LogP contribution is 2.27. The number of piperazine rings is 1. The molecule has 2 aromatic carbocycles. The van der Waals surface area contributed by atoms with Crippen molar-refractivity contribution in [1.82, 2.24) is 30.1 Å². The molecule has 0 bridgehead atoms. The highest BCUT2D eigenvalue weighted by atomic mass is 35.5. The highest BCUT2D eigenvalue weighted by molar-refractivity contribution is 6.35. The highest BCUT2D eigenvalue weighted by Gasteiger charge is 2.31. The third-order valence-electron chi connectivity index (χ3n) is 6.66. The molecule has 0 unspecified atom stereocenters. The van der Waals surface area contributed by atoms with E-state index in [1.54, 1.807) is 23.1 Å². The molecule has 2 amide bonds. The quantitative estimate of drug-likeness (QED) is 0.552. The van der Waals surface area contributed by atoms with Gasteiger partial charge in [-0.3, -0.25) is 14.5 Å². The summed E-state index contributed by atoms with van der Waals surface area (Å²) in [7, 11) is 0. The Kier molecular flexibility index (Phi) is 6.42. The number of amides is 2. The molecular formula is C23H23Cl2FN6O2. The fraction of sp³-hybridized carbons (Fsp3) is 0.391. The number of carbonyl (C=O) groups is 2. The van der Waals surface area contributed by atoms with Gasteiger partial charge in [-0.15, -0.1) is 0 Å². The number of carbonyl (C=O) groups excluding carboxylic acids is 2. The summed E-state index contributed by atoms with van der Waals surface area (Å²) in [5.74, 6) is -0.904. The van der Waals surface area contributed by atoms with E-state index in [9.17, 15) is 14.0 Å². The Morgan fingerprint density at radius 3 is 2.09 bits per heavy atom. The van der Waals surface area contributed by atoms with Crippen LogP contribution in [0.15, 0.2) is 30.3 Å². The molecule has 1 aromatic heterocycles. The number of benzene rings is 2. The number of aromatic nitrogens is 3. The number of rotatable bonds is 3. The molecule has 3 heterocycles. The third kappa shape index (κ3) is 4.47. The van der Waals surface area contributed by atoms with Gasteiger partial charge >= 0.3 is 0 Å². The number of likely N-dealkylation sites (tertiary alicyclic amines) is 1. The van der Waals surface area contributed by atoms with Gasteiger partial charge in [-0.2, -0.15) is 15.4 Å². The van der Waals surface area contributed by atoms with Crippen LogP contribution in [-0.4, -0.2) is 87.2 Å². The lowest BCUT2D eigenvalue weighted by Gasteiger charge is -2.42. The van der Waals surface area contributed by atoms with Crippen molar-refractivity contribution in [3.05, 3.63) is 57.3 Å². The van der Waals surface area contributed by atoms with Gasteiger partial charge in [0.15, 0.2) is 5.82 Å². The first-order valence-electron chi connectivity index (χ1n) is 11.2. The summed E-state index contributed by atoms with van der Waals surface area (Å²) < 4.78 is 13.7. The van der Waals surface area contributed by atoms with Gasteiger partial charge in [0.2, 0.25) is 0 Å². The molecule has 1 N–H and O–H groups in total. The number of hydrogen-bond donors (Lipinski definition) is 1. The summed E-state index contributed by atoms with van der Waals surface area (Å²) in [6.07, 6.45) is 1.68. The number of aromatic amines is 1. The Labute approximate surface area is 205 Å². The lowest BCUT2D eigenvalue weighted by molar-refractivity contribution is 0.0412. The number of fused-ring (bicyclic) bond motifs is 1. The number of piperidine rings is 1. The summed E-state index contributed by atoms with van der Waals surface area (Å²) in [6, 6.07) is 8.36. The topological polar surface area (TPSA) is 85.4 Å². The second-order valence-corrected chi connectivity index (χ2v) is 9.45. The van der Waals surface area contributed by atoms with Gasteiger partial charge in [0.05, 0.1) is 10.0 Å². The molecule has 3 aromatic rings. The zero-order chi connectivity index (χ0) is 23.8. The van der Waals surface area contributed by atoms with Crippen molar-refractivity contribution in [1.29, 1.82) is 0 Å². The lowest BCUT2D eigenvalue weighted by Crippen LogP contribution is -2.54. The van der Waals surface area contributed by atoms with Crippen LogP contribution in [0.5, 0.6) is 0 Å². The molecule has 0 radical (unpaired) electrons. The minimum atomic E-state index is -0.713. The molecular weight excluding hydrogens is 482 g/mol. The van der Waals surface area contributed by atoms with Gasteiger partial charge < -0.3 is 9.80 Å². The molecule has 5 rings (SSSR count). The molecule has 0 spiro atoms. The van der Waals surface area contributed by atoms with Crippen LogP contribution in [0.3, 0.4) is 0 Å². The fourth-order valence-corrected chi connectivity index (χ4v) is 5.23. The number of nitrogens with zero attached hydrogens (tertiary/aromatic N) is 5. The first kappa shape index (κ1) is 23.0. The Morgan fingerprint density at radius 1 is 0.824 bits per heavy atom. The van der Waals surface area contributed by atoms with Crippen LogP contribution in [-0.2, 0) is 0 Å². The first-order valence-corrected chi connectivity index (χ1v) is 11.9. The van der Waals surface area contributed by atoms with Crippen molar-refractivity contribution in [2.45, 2.75) is 18.9 Å². The van der Waals surface area contributed by atoms with Crippen LogP contribution in [0.1, 0.15) is 33.6 Å². The standard InChI is InChI=1S/C23H23Cl2FN6O2/c24-17-11-15(12-18(25)21(17)26)23(34)31-5-3-16(4-6-31)30-7-9-32(10-8-30)22(33)14-1-2-19-20(13-14)28-29-27-19/h1-2,11-13,16H,3-10H2,(H,27,28,29). The third-order valence-corrected chi connectivity index (χ3v) is 7.21. The van der Waals surface area contributed by atoms with E-state index in [2.05, 4.69) is 20.3 Å². The smallest absolute Gasteiger partial charge is 0.254 e. The zero-order valence-corrected chi connectivity index (χ0v) is 19.8. The summed E-state index contributed by atoms with van der Waals surface area (Å²) in [5.41, 5.74) is 2.32. The molecule has 0 atom stereocenters. The Morgan fingerprint density at radius 2 is 1.41 bits per heavy atom. The van der Waals surface area contributed by atoms with Crippen LogP contribution < -0.4 is 0 Å². The van der Waals surface area contributed by atoms with Gasteiger partial charge in [-0.05, 0) is 43.2 Å². The molecule has 0 saturated carbocycles. The van der Waals surface area contributed by atoms with E-state index in [0.717, 1.165) is 31.4 Å². The van der Waals surface area contributed by atoms with Crippen molar-refractivity contribution >= 4 is 46.0 Å². The van der Waals surface area contributed by atoms with Crippen LogP contribution >= 0.6 is 23.2 Å². The summed E-state index contributed by atoms with van der Waals surface area (Å²) in [4.78, 5) is 31.8. The van der Waals surface area contributed by atoms with Gasteiger partial charge in [0.25, 0.3) is 11.8 Å². The van der Waals surface area contributed by atoms with Crippen LogP contribution in [0.2, 0.25) is 10.0 Å². The van der Waals surface area contributed by atoms with E-state index < -0.39 is 5.82 Å². The zero-order valence-electron chi connectivity index (χ0n) is 18.3. The molecule has 11 heteroatoms. The van der Waals surface area contributed by atoms with Crippen LogP contribution in [0, 0.1) is 5.82 Å². The maximum absolute atomic E-state index is 13.7. The fourth-order valence-electron chi connectivity index (χ4n) is 4.74. The van der Waals surface area contributed by atoms with Gasteiger partial charge in [0.1, 0.15) is 11.0 Å². The minimum Gasteiger partial charge on any atom is -0.339 e. The van der Waals surface area contributed by atoms with E-state index >= 15 is 0 Å². The maximum Gasteiger partial charge on any atom is 0.254 e. The van der Waals surface area contributed by atoms with Crippen molar-refractivity contribution in [3.8, 4) is 0 Å². The largest absolute Gasteiger partial charge is 0.339 e. The molecule has 0 aliphatic carbocycles. The maximum atomic E-state index is 13.7. The van der Waals surface area contributed by atoms with Crippen molar-refractivity contribution < 1.29 is 14.0 Å². The lowest BCUT2D eigenvalue weighted by atomic mass is 10.0. The number of nitrogens with one attached hydrogen (secondary N) is 1. The van der Waals surface area contributed by atoms with E-state index in [0.29, 0.717) is 48.9 Å². The number of hydrogen-bond acceptors (Lipinski definition) is 5. The molecule has 2 saturated heterocycles. The van der Waals surface area contributed by atoms with Crippen LogP contribution in [0.4, 0.5) is 4.39 Å². The van der Waals surface area contributed by atoms with E-state index in [4.69, 9.17) is 23.2 Å². The second-order valence-electron chi connectivity index (χ2n) is 8.63. The van der Waals surface area contributed by atoms with Gasteiger partial charge in [-0.1, -0.05) is 23.2 Å².